The Morgan fingerprint density at radius 1 is 1.12 bits per heavy atom. The molecule has 0 saturated heterocycles. The fourth-order valence-corrected chi connectivity index (χ4v) is 5.10. The highest BCUT2D eigenvalue weighted by Crippen LogP contribution is 2.32. The van der Waals surface area contributed by atoms with Gasteiger partial charge in [0, 0.05) is 17.0 Å². The monoisotopic (exact) mass is 449 g/mol. The van der Waals surface area contributed by atoms with Crippen molar-refractivity contribution in [3.8, 4) is 5.75 Å². The molecule has 4 aromatic rings. The van der Waals surface area contributed by atoms with E-state index in [0.29, 0.717) is 41.0 Å². The van der Waals surface area contributed by atoms with Crippen molar-refractivity contribution >= 4 is 27.5 Å². The Morgan fingerprint density at radius 3 is 2.72 bits per heavy atom. The van der Waals surface area contributed by atoms with Gasteiger partial charge in [0.05, 0.1) is 24.8 Å². The van der Waals surface area contributed by atoms with Crippen LogP contribution in [-0.4, -0.2) is 33.5 Å². The number of benzene rings is 2. The van der Waals surface area contributed by atoms with E-state index in [0.717, 1.165) is 10.4 Å². The van der Waals surface area contributed by atoms with Crippen molar-refractivity contribution in [2.24, 2.45) is 0 Å². The fourth-order valence-electron chi connectivity index (χ4n) is 3.91. The largest absolute Gasteiger partial charge is 0.484 e. The van der Waals surface area contributed by atoms with Gasteiger partial charge in [0.2, 0.25) is 0 Å². The first-order valence-electron chi connectivity index (χ1n) is 10.3. The third-order valence-corrected chi connectivity index (χ3v) is 6.71. The molecule has 0 aliphatic carbocycles. The molecule has 8 heteroatoms. The molecule has 6 nitrogen and oxygen atoms in total. The summed E-state index contributed by atoms with van der Waals surface area (Å²) < 4.78 is 21.1. The van der Waals surface area contributed by atoms with Crippen LogP contribution in [0.5, 0.6) is 5.75 Å². The maximum atomic E-state index is 14.0. The molecule has 0 spiro atoms. The number of para-hydroxylation sites is 1. The van der Waals surface area contributed by atoms with Crippen molar-refractivity contribution in [2.75, 3.05) is 13.2 Å². The third-order valence-electron chi connectivity index (χ3n) is 5.58. The van der Waals surface area contributed by atoms with E-state index < -0.39 is 0 Å². The molecule has 0 unspecified atom stereocenters. The van der Waals surface area contributed by atoms with E-state index in [4.69, 9.17) is 4.74 Å². The van der Waals surface area contributed by atoms with Gasteiger partial charge in [-0.25, -0.2) is 9.37 Å². The van der Waals surface area contributed by atoms with E-state index >= 15 is 0 Å². The van der Waals surface area contributed by atoms with Crippen LogP contribution < -0.4 is 10.3 Å². The lowest BCUT2D eigenvalue weighted by molar-refractivity contribution is -0.134. The number of carbonyl (C=O) groups is 1. The Labute approximate surface area is 187 Å². The predicted molar refractivity (Wildman–Crippen MR) is 120 cm³/mol. The van der Waals surface area contributed by atoms with Gasteiger partial charge in [0.25, 0.3) is 11.5 Å². The van der Waals surface area contributed by atoms with Crippen molar-refractivity contribution < 1.29 is 13.9 Å². The highest BCUT2D eigenvalue weighted by atomic mass is 32.1. The summed E-state index contributed by atoms with van der Waals surface area (Å²) in [5.74, 6) is 0.209. The molecule has 3 heterocycles. The number of aromatic nitrogens is 2. The van der Waals surface area contributed by atoms with E-state index in [1.165, 1.54) is 28.3 Å². The Hall–Kier alpha value is -3.52. The Morgan fingerprint density at radius 2 is 1.91 bits per heavy atom. The molecule has 1 amide bonds. The molecule has 0 fully saturated rings. The van der Waals surface area contributed by atoms with Gasteiger partial charge in [-0.05, 0) is 30.2 Å². The number of halogens is 1. The van der Waals surface area contributed by atoms with Gasteiger partial charge in [-0.2, -0.15) is 0 Å². The molecule has 162 valence electrons. The van der Waals surface area contributed by atoms with Gasteiger partial charge in [0.1, 0.15) is 16.4 Å². The van der Waals surface area contributed by atoms with E-state index in [1.54, 1.807) is 23.1 Å². The van der Waals surface area contributed by atoms with Crippen LogP contribution in [0.15, 0.2) is 65.7 Å². The summed E-state index contributed by atoms with van der Waals surface area (Å²) in [7, 11) is 0. The van der Waals surface area contributed by atoms with Crippen LogP contribution in [0.4, 0.5) is 4.39 Å². The van der Waals surface area contributed by atoms with E-state index in [-0.39, 0.29) is 30.4 Å². The molecule has 0 atom stereocenters. The zero-order valence-electron chi connectivity index (χ0n) is 17.2. The number of carbonyl (C=O) groups excluding carboxylic acids is 1. The van der Waals surface area contributed by atoms with Gasteiger partial charge in [-0.3, -0.25) is 14.2 Å². The molecule has 32 heavy (non-hydrogen) atoms. The molecule has 0 bridgehead atoms. The minimum absolute atomic E-state index is 0.0298. The molecule has 0 saturated carbocycles. The van der Waals surface area contributed by atoms with Crippen molar-refractivity contribution in [3.63, 3.8) is 0 Å². The SMILES string of the molecule is O=C(COc1ccccc1)N1CCc2c(sc3ncn(Cc4ccccc4F)c(=O)c23)C1. The minimum Gasteiger partial charge on any atom is -0.484 e. The second kappa shape index (κ2) is 8.55. The Bertz CT molecular complexity index is 1350. The number of thiophene rings is 1. The first-order valence-corrected chi connectivity index (χ1v) is 11.1. The normalized spacial score (nSPS) is 13.2. The molecule has 5 rings (SSSR count). The van der Waals surface area contributed by atoms with Crippen LogP contribution in [0.2, 0.25) is 0 Å². The molecular weight excluding hydrogens is 429 g/mol. The number of fused-ring (bicyclic) bond motifs is 3. The van der Waals surface area contributed by atoms with E-state index in [1.807, 2.05) is 30.3 Å². The molecule has 1 aliphatic rings. The van der Waals surface area contributed by atoms with Crippen LogP contribution in [0, 0.1) is 5.82 Å². The fraction of sp³-hybridized carbons (Fsp3) is 0.208. The molecule has 0 N–H and O–H groups in total. The van der Waals surface area contributed by atoms with Gasteiger partial charge in [-0.1, -0.05) is 36.4 Å². The summed E-state index contributed by atoms with van der Waals surface area (Å²) in [6, 6.07) is 15.6. The Balaban J connectivity index is 1.36. The number of hydrogen-bond donors (Lipinski definition) is 0. The zero-order valence-corrected chi connectivity index (χ0v) is 18.0. The van der Waals surface area contributed by atoms with Crippen LogP contribution in [0.1, 0.15) is 16.0 Å². The Kier molecular flexibility index (Phi) is 5.45. The number of hydrogen-bond acceptors (Lipinski definition) is 5. The summed E-state index contributed by atoms with van der Waals surface area (Å²) in [6.45, 7) is 1.04. The zero-order chi connectivity index (χ0) is 22.1. The highest BCUT2D eigenvalue weighted by molar-refractivity contribution is 7.18. The van der Waals surface area contributed by atoms with Crippen molar-refractivity contribution in [1.29, 1.82) is 0 Å². The first-order chi connectivity index (χ1) is 15.6. The lowest BCUT2D eigenvalue weighted by Gasteiger charge is -2.27. The quantitative estimate of drug-likeness (QED) is 0.467. The lowest BCUT2D eigenvalue weighted by atomic mass is 10.1. The van der Waals surface area contributed by atoms with Gasteiger partial charge in [0.15, 0.2) is 6.61 Å². The lowest BCUT2D eigenvalue weighted by Crippen LogP contribution is -2.38. The van der Waals surface area contributed by atoms with Crippen LogP contribution in [0.3, 0.4) is 0 Å². The molecule has 2 aromatic carbocycles. The van der Waals surface area contributed by atoms with E-state index in [2.05, 4.69) is 4.98 Å². The molecule has 2 aromatic heterocycles. The van der Waals surface area contributed by atoms with Crippen LogP contribution in [0.25, 0.3) is 10.2 Å². The smallest absolute Gasteiger partial charge is 0.262 e. The van der Waals surface area contributed by atoms with Crippen LogP contribution in [-0.2, 0) is 24.3 Å². The predicted octanol–water partition coefficient (Wildman–Crippen LogP) is 3.61. The summed E-state index contributed by atoms with van der Waals surface area (Å²) in [5.41, 5.74) is 1.20. The average Bonchev–Trinajstić information content (AvgIpc) is 3.20. The van der Waals surface area contributed by atoms with Gasteiger partial charge < -0.3 is 9.64 Å². The summed E-state index contributed by atoms with van der Waals surface area (Å²) >= 11 is 1.43. The average molecular weight is 450 g/mol. The second-order valence-electron chi connectivity index (χ2n) is 7.62. The maximum Gasteiger partial charge on any atom is 0.262 e. The number of rotatable bonds is 5. The standard InChI is InChI=1S/C24H20FN3O3S/c25-19-9-5-4-6-16(19)12-28-15-26-23-22(24(28)30)18-10-11-27(13-20(18)32-23)21(29)14-31-17-7-2-1-3-8-17/h1-9,15H,10-14H2. The minimum atomic E-state index is -0.348. The van der Waals surface area contributed by atoms with Crippen molar-refractivity contribution in [2.45, 2.75) is 19.5 Å². The molecule has 0 radical (unpaired) electrons. The number of nitrogens with zero attached hydrogens (tertiary/aromatic N) is 3. The van der Waals surface area contributed by atoms with Crippen molar-refractivity contribution in [1.82, 2.24) is 14.5 Å². The summed E-state index contributed by atoms with van der Waals surface area (Å²) in [4.78, 5) is 33.6. The van der Waals surface area contributed by atoms with E-state index in [9.17, 15) is 14.0 Å². The molecule has 1 aliphatic heterocycles. The first kappa shape index (κ1) is 20.4. The molecular formula is C24H20FN3O3S. The number of ether oxygens (including phenoxy) is 1. The van der Waals surface area contributed by atoms with Crippen molar-refractivity contribution in [3.05, 3.63) is 93.1 Å². The third kappa shape index (κ3) is 3.89. The van der Waals surface area contributed by atoms with Gasteiger partial charge in [-0.15, -0.1) is 11.3 Å². The second-order valence-corrected chi connectivity index (χ2v) is 8.70. The maximum absolute atomic E-state index is 14.0. The van der Waals surface area contributed by atoms with Gasteiger partial charge >= 0.3 is 0 Å². The highest BCUT2D eigenvalue weighted by Gasteiger charge is 2.26. The topological polar surface area (TPSA) is 64.4 Å². The van der Waals surface area contributed by atoms with Crippen LogP contribution >= 0.6 is 11.3 Å². The summed E-state index contributed by atoms with van der Waals surface area (Å²) in [6.07, 6.45) is 2.04. The summed E-state index contributed by atoms with van der Waals surface area (Å²) in [5, 5.41) is 0.580. The number of amides is 1.